The minimum atomic E-state index is -0.956. The molecule has 186 valence electrons. The van der Waals surface area contributed by atoms with Gasteiger partial charge in [-0.15, -0.1) is 11.3 Å². The summed E-state index contributed by atoms with van der Waals surface area (Å²) in [4.78, 5) is 37.9. The van der Waals surface area contributed by atoms with Crippen molar-refractivity contribution in [1.82, 2.24) is 15.3 Å². The van der Waals surface area contributed by atoms with Gasteiger partial charge in [-0.2, -0.15) is 5.26 Å². The molecule has 1 fully saturated rings. The fourth-order valence-corrected chi connectivity index (χ4v) is 5.25. The van der Waals surface area contributed by atoms with Crippen LogP contribution in [0.15, 0.2) is 54.3 Å². The quantitative estimate of drug-likeness (QED) is 0.478. The maximum absolute atomic E-state index is 14.0. The van der Waals surface area contributed by atoms with Crippen LogP contribution in [0.4, 0.5) is 5.69 Å². The van der Waals surface area contributed by atoms with E-state index in [4.69, 9.17) is 0 Å². The third kappa shape index (κ3) is 5.63. The zero-order chi connectivity index (χ0) is 25.7. The predicted octanol–water partition coefficient (Wildman–Crippen LogP) is 5.54. The van der Waals surface area contributed by atoms with Crippen LogP contribution in [-0.2, 0) is 10.2 Å². The maximum Gasteiger partial charge on any atom is 0.272 e. The smallest absolute Gasteiger partial charge is 0.272 e. The summed E-state index contributed by atoms with van der Waals surface area (Å²) in [6, 6.07) is 12.4. The summed E-state index contributed by atoms with van der Waals surface area (Å²) in [5, 5.41) is 12.7. The van der Waals surface area contributed by atoms with E-state index in [0.717, 1.165) is 42.6 Å². The summed E-state index contributed by atoms with van der Waals surface area (Å²) in [6.45, 7) is 6.37. The van der Waals surface area contributed by atoms with E-state index in [2.05, 4.69) is 36.1 Å². The highest BCUT2D eigenvalue weighted by atomic mass is 32.1. The summed E-state index contributed by atoms with van der Waals surface area (Å²) in [7, 11) is 0. The molecule has 8 heteroatoms. The number of carbonyl (C=O) groups excluding carboxylic acids is 2. The molecule has 1 N–H and O–H groups in total. The highest BCUT2D eigenvalue weighted by Gasteiger charge is 2.36. The van der Waals surface area contributed by atoms with Crippen LogP contribution in [0.2, 0.25) is 0 Å². The molecule has 4 rings (SSSR count). The molecule has 0 aliphatic heterocycles. The van der Waals surface area contributed by atoms with Gasteiger partial charge in [0, 0.05) is 29.7 Å². The van der Waals surface area contributed by atoms with Crippen molar-refractivity contribution in [2.75, 3.05) is 4.90 Å². The van der Waals surface area contributed by atoms with Crippen LogP contribution in [0, 0.1) is 11.3 Å². The monoisotopic (exact) mass is 501 g/mol. The zero-order valence-corrected chi connectivity index (χ0v) is 21.7. The number of amides is 2. The van der Waals surface area contributed by atoms with Gasteiger partial charge in [-0.25, -0.2) is 4.98 Å². The van der Waals surface area contributed by atoms with Crippen molar-refractivity contribution in [3.8, 4) is 6.07 Å². The fourth-order valence-electron chi connectivity index (χ4n) is 4.58. The van der Waals surface area contributed by atoms with Crippen molar-refractivity contribution >= 4 is 28.8 Å². The normalized spacial score (nSPS) is 15.1. The van der Waals surface area contributed by atoms with Gasteiger partial charge in [-0.1, -0.05) is 58.2 Å². The van der Waals surface area contributed by atoms with Crippen molar-refractivity contribution in [2.24, 2.45) is 0 Å². The number of pyridine rings is 1. The van der Waals surface area contributed by atoms with Gasteiger partial charge in [0.2, 0.25) is 5.91 Å². The molecule has 1 saturated carbocycles. The first-order valence-corrected chi connectivity index (χ1v) is 13.2. The number of benzene rings is 1. The molecule has 1 aliphatic carbocycles. The van der Waals surface area contributed by atoms with Gasteiger partial charge in [0.05, 0.1) is 5.51 Å². The Kier molecular flexibility index (Phi) is 7.80. The van der Waals surface area contributed by atoms with E-state index in [1.807, 2.05) is 30.3 Å². The molecule has 1 unspecified atom stereocenters. The highest BCUT2D eigenvalue weighted by Crippen LogP contribution is 2.33. The molecule has 0 spiro atoms. The molecule has 3 aromatic rings. The van der Waals surface area contributed by atoms with Gasteiger partial charge in [-0.05, 0) is 42.0 Å². The lowest BCUT2D eigenvalue weighted by atomic mass is 9.87. The maximum atomic E-state index is 14.0. The average molecular weight is 502 g/mol. The Hall–Kier alpha value is -3.57. The number of rotatable bonds is 6. The van der Waals surface area contributed by atoms with Crippen LogP contribution in [-0.4, -0.2) is 27.8 Å². The van der Waals surface area contributed by atoms with Crippen molar-refractivity contribution < 1.29 is 9.59 Å². The molecule has 36 heavy (non-hydrogen) atoms. The second-order valence-electron chi connectivity index (χ2n) is 10.1. The average Bonchev–Trinajstić information content (AvgIpc) is 3.36. The van der Waals surface area contributed by atoms with Crippen LogP contribution >= 0.6 is 11.3 Å². The minimum absolute atomic E-state index is 0.0546. The van der Waals surface area contributed by atoms with Gasteiger partial charge in [0.15, 0.2) is 5.69 Å². The summed E-state index contributed by atoms with van der Waals surface area (Å²) >= 11 is 1.10. The topological polar surface area (TPSA) is 99.0 Å². The molecule has 2 amide bonds. The second-order valence-corrected chi connectivity index (χ2v) is 11.0. The van der Waals surface area contributed by atoms with Gasteiger partial charge >= 0.3 is 0 Å². The Morgan fingerprint density at radius 3 is 2.47 bits per heavy atom. The van der Waals surface area contributed by atoms with Crippen LogP contribution in [0.5, 0.6) is 0 Å². The summed E-state index contributed by atoms with van der Waals surface area (Å²) in [5.41, 5.74) is 3.74. The molecular formula is C28H31N5O2S. The number of nitrogens with zero attached hydrogens (tertiary/aromatic N) is 4. The molecule has 1 atom stereocenters. The van der Waals surface area contributed by atoms with E-state index in [-0.39, 0.29) is 27.9 Å². The van der Waals surface area contributed by atoms with Crippen molar-refractivity contribution in [3.05, 3.63) is 76.0 Å². The number of thiazole rings is 1. The first-order valence-electron chi connectivity index (χ1n) is 12.3. The molecule has 1 aliphatic rings. The van der Waals surface area contributed by atoms with Gasteiger partial charge in [0.25, 0.3) is 5.91 Å². The van der Waals surface area contributed by atoms with Gasteiger partial charge in [0.1, 0.15) is 17.0 Å². The summed E-state index contributed by atoms with van der Waals surface area (Å²) in [5.74, 6) is -0.698. The molecule has 0 bridgehead atoms. The predicted molar refractivity (Wildman–Crippen MR) is 141 cm³/mol. The highest BCUT2D eigenvalue weighted by molar-refractivity contribution is 7.12. The standard InChI is InChI=1S/C28H31N5O2S/c1-28(2,3)20-11-13-22(14-12-20)33(27(35)25-23(16-29)31-18-36-25)24(19-8-7-15-30-17-19)26(34)32-21-9-5-4-6-10-21/h7-8,11-15,17-18,21,24H,4-6,9-10H2,1-3H3,(H,32,34). The third-order valence-corrected chi connectivity index (χ3v) is 7.37. The molecule has 2 heterocycles. The first kappa shape index (κ1) is 25.5. The van der Waals surface area contributed by atoms with Gasteiger partial charge in [-0.3, -0.25) is 19.5 Å². The second kappa shape index (κ2) is 11.0. The molecular weight excluding hydrogens is 470 g/mol. The van der Waals surface area contributed by atoms with E-state index < -0.39 is 11.9 Å². The molecule has 0 radical (unpaired) electrons. The van der Waals surface area contributed by atoms with Crippen molar-refractivity contribution in [2.45, 2.75) is 70.4 Å². The lowest BCUT2D eigenvalue weighted by Crippen LogP contribution is -2.47. The van der Waals surface area contributed by atoms with Crippen LogP contribution < -0.4 is 10.2 Å². The Morgan fingerprint density at radius 1 is 1.14 bits per heavy atom. The lowest BCUT2D eigenvalue weighted by molar-refractivity contribution is -0.123. The SMILES string of the molecule is CC(C)(C)c1ccc(N(C(=O)c2scnc2C#N)C(C(=O)NC2CCCCC2)c2cccnc2)cc1. The number of nitriles is 1. The Balaban J connectivity index is 1.82. The van der Waals surface area contributed by atoms with Crippen molar-refractivity contribution in [1.29, 1.82) is 5.26 Å². The Morgan fingerprint density at radius 2 is 1.86 bits per heavy atom. The number of hydrogen-bond acceptors (Lipinski definition) is 6. The first-order chi connectivity index (χ1) is 17.3. The van der Waals surface area contributed by atoms with E-state index in [1.54, 1.807) is 24.5 Å². The van der Waals surface area contributed by atoms with Crippen LogP contribution in [0.1, 0.15) is 85.4 Å². The minimum Gasteiger partial charge on any atom is -0.351 e. The van der Waals surface area contributed by atoms with Gasteiger partial charge < -0.3 is 5.32 Å². The number of carbonyl (C=O) groups is 2. The zero-order valence-electron chi connectivity index (χ0n) is 20.9. The van der Waals surface area contributed by atoms with E-state index in [1.165, 1.54) is 16.8 Å². The number of aromatic nitrogens is 2. The fraction of sp³-hybridized carbons (Fsp3) is 0.393. The van der Waals surface area contributed by atoms with Crippen LogP contribution in [0.3, 0.4) is 0 Å². The van der Waals surface area contributed by atoms with E-state index in [0.29, 0.717) is 11.3 Å². The van der Waals surface area contributed by atoms with Crippen molar-refractivity contribution in [3.63, 3.8) is 0 Å². The van der Waals surface area contributed by atoms with E-state index >= 15 is 0 Å². The number of nitrogens with one attached hydrogen (secondary N) is 1. The summed E-state index contributed by atoms with van der Waals surface area (Å²) < 4.78 is 0. The number of anilines is 1. The molecule has 0 saturated heterocycles. The third-order valence-electron chi connectivity index (χ3n) is 6.56. The summed E-state index contributed by atoms with van der Waals surface area (Å²) in [6.07, 6.45) is 8.43. The number of hydrogen-bond donors (Lipinski definition) is 1. The van der Waals surface area contributed by atoms with Crippen LogP contribution in [0.25, 0.3) is 0 Å². The molecule has 2 aromatic heterocycles. The molecule has 7 nitrogen and oxygen atoms in total. The largest absolute Gasteiger partial charge is 0.351 e. The Bertz CT molecular complexity index is 1240. The van der Waals surface area contributed by atoms with E-state index in [9.17, 15) is 14.9 Å². The molecule has 1 aromatic carbocycles. The Labute approximate surface area is 216 Å². The lowest BCUT2D eigenvalue weighted by Gasteiger charge is -2.33.